The van der Waals surface area contributed by atoms with Gasteiger partial charge in [-0.05, 0) is 50.8 Å². The molecular weight excluding hydrogens is 285 g/mol. The molecule has 1 amide bonds. The minimum absolute atomic E-state index is 0.100. The van der Waals surface area contributed by atoms with Crippen LogP contribution in [0, 0.1) is 5.82 Å². The summed E-state index contributed by atoms with van der Waals surface area (Å²) in [6.07, 6.45) is 2.74. The predicted octanol–water partition coefficient (Wildman–Crippen LogP) is 2.71. The highest BCUT2D eigenvalue weighted by atomic mass is 19.1. The number of carbonyl (C=O) groups is 1. The van der Waals surface area contributed by atoms with E-state index in [0.29, 0.717) is 18.4 Å². The molecule has 1 saturated heterocycles. The number of hydrogen-bond donors (Lipinski definition) is 2. The fourth-order valence-corrected chi connectivity index (χ4v) is 2.74. The fourth-order valence-electron chi connectivity index (χ4n) is 2.74. The Labute approximate surface area is 130 Å². The van der Waals surface area contributed by atoms with E-state index in [2.05, 4.69) is 5.32 Å². The zero-order chi connectivity index (χ0) is 16.1. The molecule has 5 heteroatoms. The smallest absolute Gasteiger partial charge is 0.220 e. The van der Waals surface area contributed by atoms with E-state index in [0.717, 1.165) is 12.8 Å². The van der Waals surface area contributed by atoms with Crippen molar-refractivity contribution in [3.05, 3.63) is 35.6 Å². The standard InChI is InChI=1S/C17H24FNO3/c1-11-3-8-15(22-11)9-10-16(20)19-12(2)17(21)13-4-6-14(18)7-5-13/h4-7,11-12,15,17,21H,3,8-10H2,1-2H3,(H,19,20). The Hall–Kier alpha value is -1.46. The predicted molar refractivity (Wildman–Crippen MR) is 81.8 cm³/mol. The van der Waals surface area contributed by atoms with E-state index in [4.69, 9.17) is 4.74 Å². The van der Waals surface area contributed by atoms with Gasteiger partial charge in [0, 0.05) is 6.42 Å². The first-order valence-corrected chi connectivity index (χ1v) is 7.84. The van der Waals surface area contributed by atoms with Crippen LogP contribution in [0.2, 0.25) is 0 Å². The highest BCUT2D eigenvalue weighted by molar-refractivity contribution is 5.76. The molecule has 1 aromatic carbocycles. The van der Waals surface area contributed by atoms with Crippen molar-refractivity contribution < 1.29 is 19.0 Å². The largest absolute Gasteiger partial charge is 0.386 e. The first-order valence-electron chi connectivity index (χ1n) is 7.84. The number of amides is 1. The molecular formula is C17H24FNO3. The van der Waals surface area contributed by atoms with Gasteiger partial charge in [-0.3, -0.25) is 4.79 Å². The molecule has 4 nitrogen and oxygen atoms in total. The molecule has 4 unspecified atom stereocenters. The van der Waals surface area contributed by atoms with Crippen molar-refractivity contribution in [2.45, 2.75) is 63.9 Å². The Morgan fingerprint density at radius 3 is 2.68 bits per heavy atom. The first-order chi connectivity index (χ1) is 10.5. The SMILES string of the molecule is CC1CCC(CCC(=O)NC(C)C(O)c2ccc(F)cc2)O1. The van der Waals surface area contributed by atoms with Gasteiger partial charge in [0.15, 0.2) is 0 Å². The Balaban J connectivity index is 1.76. The number of carbonyl (C=O) groups excluding carboxylic acids is 1. The number of nitrogens with one attached hydrogen (secondary N) is 1. The summed E-state index contributed by atoms with van der Waals surface area (Å²) in [7, 11) is 0. The summed E-state index contributed by atoms with van der Waals surface area (Å²) in [6, 6.07) is 5.21. The topological polar surface area (TPSA) is 58.6 Å². The zero-order valence-electron chi connectivity index (χ0n) is 13.1. The summed E-state index contributed by atoms with van der Waals surface area (Å²) < 4.78 is 18.6. The summed E-state index contributed by atoms with van der Waals surface area (Å²) >= 11 is 0. The van der Waals surface area contributed by atoms with Crippen molar-refractivity contribution in [1.82, 2.24) is 5.32 Å². The number of ether oxygens (including phenoxy) is 1. The van der Waals surface area contributed by atoms with E-state index in [-0.39, 0.29) is 23.9 Å². The summed E-state index contributed by atoms with van der Waals surface area (Å²) in [5, 5.41) is 13.0. The quantitative estimate of drug-likeness (QED) is 0.849. The van der Waals surface area contributed by atoms with Crippen LogP contribution in [0.5, 0.6) is 0 Å². The maximum absolute atomic E-state index is 12.9. The lowest BCUT2D eigenvalue weighted by Gasteiger charge is -2.21. The third kappa shape index (κ3) is 4.78. The van der Waals surface area contributed by atoms with E-state index in [1.54, 1.807) is 6.92 Å². The Bertz CT molecular complexity index is 491. The molecule has 0 bridgehead atoms. The number of hydrogen-bond acceptors (Lipinski definition) is 3. The molecule has 0 aliphatic carbocycles. The molecule has 1 aromatic rings. The van der Waals surface area contributed by atoms with Crippen LogP contribution in [0.15, 0.2) is 24.3 Å². The monoisotopic (exact) mass is 309 g/mol. The second kappa shape index (κ2) is 7.70. The molecule has 1 heterocycles. The van der Waals surface area contributed by atoms with E-state index in [9.17, 15) is 14.3 Å². The highest BCUT2D eigenvalue weighted by Crippen LogP contribution is 2.23. The van der Waals surface area contributed by atoms with Gasteiger partial charge in [-0.15, -0.1) is 0 Å². The van der Waals surface area contributed by atoms with Crippen LogP contribution in [0.25, 0.3) is 0 Å². The molecule has 1 aliphatic heterocycles. The molecule has 2 N–H and O–H groups in total. The maximum Gasteiger partial charge on any atom is 0.220 e. The van der Waals surface area contributed by atoms with Crippen molar-refractivity contribution in [1.29, 1.82) is 0 Å². The van der Waals surface area contributed by atoms with Crippen LogP contribution >= 0.6 is 0 Å². The van der Waals surface area contributed by atoms with Gasteiger partial charge >= 0.3 is 0 Å². The number of rotatable bonds is 6. The van der Waals surface area contributed by atoms with Crippen LogP contribution in [-0.4, -0.2) is 29.3 Å². The van der Waals surface area contributed by atoms with Gasteiger partial charge in [-0.25, -0.2) is 4.39 Å². The molecule has 0 aromatic heterocycles. The lowest BCUT2D eigenvalue weighted by molar-refractivity contribution is -0.123. The lowest BCUT2D eigenvalue weighted by Crippen LogP contribution is -2.37. The van der Waals surface area contributed by atoms with Crippen molar-refractivity contribution in [3.63, 3.8) is 0 Å². The van der Waals surface area contributed by atoms with Gasteiger partial charge in [0.05, 0.1) is 24.4 Å². The third-order valence-electron chi connectivity index (χ3n) is 4.09. The van der Waals surface area contributed by atoms with E-state index in [1.807, 2.05) is 6.92 Å². The van der Waals surface area contributed by atoms with Crippen LogP contribution in [0.1, 0.15) is 51.2 Å². The van der Waals surface area contributed by atoms with E-state index in [1.165, 1.54) is 24.3 Å². The maximum atomic E-state index is 12.9. The number of benzene rings is 1. The van der Waals surface area contributed by atoms with E-state index >= 15 is 0 Å². The Morgan fingerprint density at radius 2 is 2.09 bits per heavy atom. The van der Waals surface area contributed by atoms with Crippen LogP contribution in [0.4, 0.5) is 4.39 Å². The van der Waals surface area contributed by atoms with Crippen molar-refractivity contribution in [3.8, 4) is 0 Å². The summed E-state index contributed by atoms with van der Waals surface area (Å²) in [6.45, 7) is 3.78. The third-order valence-corrected chi connectivity index (χ3v) is 4.09. The minimum atomic E-state index is -0.854. The van der Waals surface area contributed by atoms with Crippen molar-refractivity contribution in [2.24, 2.45) is 0 Å². The Kier molecular flexibility index (Phi) is 5.91. The molecule has 1 aliphatic rings. The van der Waals surface area contributed by atoms with Crippen molar-refractivity contribution in [2.75, 3.05) is 0 Å². The first kappa shape index (κ1) is 16.9. The van der Waals surface area contributed by atoms with Gasteiger partial charge in [0.1, 0.15) is 5.82 Å². The van der Waals surface area contributed by atoms with Gasteiger partial charge < -0.3 is 15.2 Å². The molecule has 0 saturated carbocycles. The van der Waals surface area contributed by atoms with Gasteiger partial charge in [0.25, 0.3) is 0 Å². The summed E-state index contributed by atoms with van der Waals surface area (Å²) in [4.78, 5) is 11.9. The van der Waals surface area contributed by atoms with Crippen LogP contribution in [0.3, 0.4) is 0 Å². The van der Waals surface area contributed by atoms with Gasteiger partial charge in [0.2, 0.25) is 5.91 Å². The van der Waals surface area contributed by atoms with Gasteiger partial charge in [-0.2, -0.15) is 0 Å². The molecule has 0 spiro atoms. The number of aliphatic hydroxyl groups is 1. The Morgan fingerprint density at radius 1 is 1.41 bits per heavy atom. The highest BCUT2D eigenvalue weighted by Gasteiger charge is 2.23. The lowest BCUT2D eigenvalue weighted by atomic mass is 10.0. The molecule has 122 valence electrons. The van der Waals surface area contributed by atoms with E-state index < -0.39 is 12.1 Å². The normalized spacial score (nSPS) is 24.0. The van der Waals surface area contributed by atoms with Gasteiger partial charge in [-0.1, -0.05) is 12.1 Å². The van der Waals surface area contributed by atoms with Crippen molar-refractivity contribution >= 4 is 5.91 Å². The second-order valence-corrected chi connectivity index (χ2v) is 6.04. The number of halogens is 1. The molecule has 0 radical (unpaired) electrons. The molecule has 2 rings (SSSR count). The molecule has 4 atom stereocenters. The molecule has 1 fully saturated rings. The summed E-state index contributed by atoms with van der Waals surface area (Å²) in [5.74, 6) is -0.449. The average molecular weight is 309 g/mol. The minimum Gasteiger partial charge on any atom is -0.386 e. The number of aliphatic hydroxyl groups excluding tert-OH is 1. The zero-order valence-corrected chi connectivity index (χ0v) is 13.1. The fraction of sp³-hybridized carbons (Fsp3) is 0.588. The molecule has 22 heavy (non-hydrogen) atoms. The average Bonchev–Trinajstić information content (AvgIpc) is 2.91. The van der Waals surface area contributed by atoms with Crippen LogP contribution in [-0.2, 0) is 9.53 Å². The van der Waals surface area contributed by atoms with Crippen LogP contribution < -0.4 is 5.32 Å². The summed E-state index contributed by atoms with van der Waals surface area (Å²) in [5.41, 5.74) is 0.585. The second-order valence-electron chi connectivity index (χ2n) is 6.04.